The van der Waals surface area contributed by atoms with E-state index in [0.717, 1.165) is 40.4 Å². The fourth-order valence-corrected chi connectivity index (χ4v) is 5.00. The molecule has 4 bridgehead atoms. The van der Waals surface area contributed by atoms with Gasteiger partial charge in [0.1, 0.15) is 11.5 Å². The molecule has 0 radical (unpaired) electrons. The monoisotopic (exact) mass is 517 g/mol. The average Bonchev–Trinajstić information content (AvgIpc) is 3.44. The molecule has 2 amide bonds. The van der Waals surface area contributed by atoms with Gasteiger partial charge >= 0.3 is 0 Å². The number of amides is 2. The quantitative estimate of drug-likeness (QED) is 0.543. The van der Waals surface area contributed by atoms with Gasteiger partial charge in [-0.05, 0) is 54.3 Å². The van der Waals surface area contributed by atoms with Gasteiger partial charge in [-0.15, -0.1) is 0 Å². The van der Waals surface area contributed by atoms with Crippen LogP contribution in [-0.4, -0.2) is 58.3 Å². The van der Waals surface area contributed by atoms with Crippen LogP contribution in [0.2, 0.25) is 0 Å². The van der Waals surface area contributed by atoms with Gasteiger partial charge in [0.05, 0.1) is 30.6 Å². The lowest BCUT2D eigenvalue weighted by Crippen LogP contribution is -2.44. The predicted molar refractivity (Wildman–Crippen MR) is 143 cm³/mol. The molecule has 0 saturated carbocycles. The molecular weight excluding hydrogens is 482 g/mol. The number of aryl methyl sites for hydroxylation is 3. The highest BCUT2D eigenvalue weighted by atomic mass is 16.5. The van der Waals surface area contributed by atoms with Crippen molar-refractivity contribution in [3.8, 4) is 11.5 Å². The lowest BCUT2D eigenvalue weighted by Gasteiger charge is -2.21. The second kappa shape index (κ2) is 11.8. The van der Waals surface area contributed by atoms with E-state index in [1.165, 1.54) is 0 Å². The van der Waals surface area contributed by atoms with Gasteiger partial charge in [0.25, 0.3) is 0 Å². The van der Waals surface area contributed by atoms with Crippen LogP contribution in [0.3, 0.4) is 0 Å². The third-order valence-corrected chi connectivity index (χ3v) is 7.17. The van der Waals surface area contributed by atoms with Gasteiger partial charge in [-0.2, -0.15) is 5.10 Å². The zero-order chi connectivity index (χ0) is 26.5. The maximum atomic E-state index is 12.8. The van der Waals surface area contributed by atoms with E-state index >= 15 is 0 Å². The van der Waals surface area contributed by atoms with Gasteiger partial charge in [-0.1, -0.05) is 24.3 Å². The number of likely N-dealkylation sites (tertiary alicyclic amines) is 1. The predicted octanol–water partition coefficient (Wildman–Crippen LogP) is 2.86. The van der Waals surface area contributed by atoms with Crippen molar-refractivity contribution in [2.45, 2.75) is 51.5 Å². The minimum atomic E-state index is -0.176. The molecule has 200 valence electrons. The zero-order valence-corrected chi connectivity index (χ0v) is 22.0. The Morgan fingerprint density at radius 2 is 1.82 bits per heavy atom. The molecule has 3 aromatic rings. The fourth-order valence-electron chi connectivity index (χ4n) is 5.00. The summed E-state index contributed by atoms with van der Waals surface area (Å²) in [5.41, 5.74) is 4.35. The summed E-state index contributed by atoms with van der Waals surface area (Å²) >= 11 is 0. The van der Waals surface area contributed by atoms with Gasteiger partial charge in [-0.3, -0.25) is 19.2 Å². The topological polar surface area (TPSA) is 97.7 Å². The summed E-state index contributed by atoms with van der Waals surface area (Å²) in [6.45, 7) is 4.86. The van der Waals surface area contributed by atoms with Crippen LogP contribution in [0.4, 0.5) is 0 Å². The molecule has 3 aliphatic heterocycles. The molecule has 9 nitrogen and oxygen atoms in total. The highest BCUT2D eigenvalue weighted by Gasteiger charge is 2.35. The van der Waals surface area contributed by atoms with Crippen molar-refractivity contribution >= 4 is 11.8 Å². The van der Waals surface area contributed by atoms with Gasteiger partial charge < -0.3 is 20.1 Å². The van der Waals surface area contributed by atoms with Crippen LogP contribution in [0.25, 0.3) is 0 Å². The lowest BCUT2D eigenvalue weighted by molar-refractivity contribution is -0.123. The average molecular weight is 518 g/mol. The molecule has 1 saturated heterocycles. The summed E-state index contributed by atoms with van der Waals surface area (Å²) < 4.78 is 14.3. The first-order chi connectivity index (χ1) is 18.4. The molecule has 2 atom stereocenters. The van der Waals surface area contributed by atoms with Crippen LogP contribution in [0, 0.1) is 6.92 Å². The van der Waals surface area contributed by atoms with Crippen LogP contribution in [0.5, 0.6) is 11.5 Å². The van der Waals surface area contributed by atoms with Gasteiger partial charge in [-0.25, -0.2) is 0 Å². The number of nitrogens with one attached hydrogen (secondary N) is 2. The third-order valence-electron chi connectivity index (χ3n) is 7.17. The zero-order valence-electron chi connectivity index (χ0n) is 22.0. The SMILES string of the molecule is Cc1cnn(C)c1CN1C[C@@H]2NC(=O)CCNC(=O)CCc3ccc(cc3)Oc3cccc(c3)CO[C@H]2C1. The largest absolute Gasteiger partial charge is 0.457 e. The molecule has 38 heavy (non-hydrogen) atoms. The Balaban J connectivity index is 1.33. The molecule has 1 fully saturated rings. The third kappa shape index (κ3) is 6.59. The Morgan fingerprint density at radius 1 is 0.974 bits per heavy atom. The number of rotatable bonds is 2. The van der Waals surface area contributed by atoms with Crippen molar-refractivity contribution in [1.82, 2.24) is 25.3 Å². The lowest BCUT2D eigenvalue weighted by atomic mass is 10.1. The molecule has 2 N–H and O–H groups in total. The first-order valence-corrected chi connectivity index (χ1v) is 13.2. The van der Waals surface area contributed by atoms with Crippen molar-refractivity contribution in [2.75, 3.05) is 19.6 Å². The molecule has 1 aromatic heterocycles. The second-order valence-corrected chi connectivity index (χ2v) is 10.1. The highest BCUT2D eigenvalue weighted by molar-refractivity contribution is 5.79. The number of nitrogens with zero attached hydrogens (tertiary/aromatic N) is 3. The number of carbonyl (C=O) groups is 2. The summed E-state index contributed by atoms with van der Waals surface area (Å²) in [6, 6.07) is 15.5. The Labute approximate surface area is 223 Å². The van der Waals surface area contributed by atoms with Crippen molar-refractivity contribution in [1.29, 1.82) is 0 Å². The Kier molecular flexibility index (Phi) is 8.05. The maximum absolute atomic E-state index is 12.8. The smallest absolute Gasteiger partial charge is 0.222 e. The van der Waals surface area contributed by atoms with Crippen LogP contribution in [0.1, 0.15) is 35.2 Å². The number of ether oxygens (including phenoxy) is 2. The van der Waals surface area contributed by atoms with Crippen molar-refractivity contribution < 1.29 is 19.1 Å². The summed E-state index contributed by atoms with van der Waals surface area (Å²) in [6.07, 6.45) is 2.91. The van der Waals surface area contributed by atoms with Gasteiger partial charge in [0.15, 0.2) is 0 Å². The number of carbonyl (C=O) groups excluding carboxylic acids is 2. The number of hydrogen-bond donors (Lipinski definition) is 2. The highest BCUT2D eigenvalue weighted by Crippen LogP contribution is 2.25. The Hall–Kier alpha value is -3.69. The number of hydrogen-bond acceptors (Lipinski definition) is 6. The van der Waals surface area contributed by atoms with Crippen LogP contribution >= 0.6 is 0 Å². The molecule has 0 aliphatic carbocycles. The van der Waals surface area contributed by atoms with E-state index in [1.54, 1.807) is 0 Å². The minimum absolute atomic E-state index is 0.0656. The standard InChI is InChI=1S/C29H35N5O4/c1-20-15-31-33(2)26(20)17-34-16-25-27(18-34)37-19-22-4-3-5-24(14-22)38-23-9-6-21(7-10-23)8-11-28(35)30-13-12-29(36)32-25/h3-7,9-10,14-15,25,27H,8,11-13,16-19H2,1-2H3,(H,30,35)(H,32,36)/t25-,27-/m0/s1. The summed E-state index contributed by atoms with van der Waals surface area (Å²) in [4.78, 5) is 27.4. The van der Waals surface area contributed by atoms with E-state index in [2.05, 4.69) is 27.6 Å². The van der Waals surface area contributed by atoms with Crippen molar-refractivity contribution in [3.05, 3.63) is 77.1 Å². The Bertz CT molecular complexity index is 1250. The number of benzene rings is 2. The van der Waals surface area contributed by atoms with Crippen LogP contribution in [-0.2, 0) is 40.9 Å². The van der Waals surface area contributed by atoms with E-state index in [1.807, 2.05) is 66.5 Å². The summed E-state index contributed by atoms with van der Waals surface area (Å²) in [5.74, 6) is 1.31. The molecule has 2 aromatic carbocycles. The van der Waals surface area contributed by atoms with E-state index in [9.17, 15) is 9.59 Å². The van der Waals surface area contributed by atoms with E-state index in [-0.39, 0.29) is 30.4 Å². The molecule has 9 heteroatoms. The molecular formula is C29H35N5O4. The van der Waals surface area contributed by atoms with E-state index < -0.39 is 0 Å². The first-order valence-electron chi connectivity index (χ1n) is 13.2. The number of aromatic nitrogens is 2. The number of fused-ring (bicyclic) bond motifs is 10. The van der Waals surface area contributed by atoms with Gasteiger partial charge in [0, 0.05) is 46.1 Å². The second-order valence-electron chi connectivity index (χ2n) is 10.1. The van der Waals surface area contributed by atoms with E-state index in [0.29, 0.717) is 39.1 Å². The van der Waals surface area contributed by atoms with Crippen molar-refractivity contribution in [3.63, 3.8) is 0 Å². The fraction of sp³-hybridized carbons (Fsp3) is 0.414. The first kappa shape index (κ1) is 25.9. The molecule has 4 heterocycles. The Morgan fingerprint density at radius 3 is 2.61 bits per heavy atom. The molecule has 0 unspecified atom stereocenters. The molecule has 0 spiro atoms. The van der Waals surface area contributed by atoms with Crippen LogP contribution in [0.15, 0.2) is 54.7 Å². The minimum Gasteiger partial charge on any atom is -0.457 e. The molecule has 3 aliphatic rings. The summed E-state index contributed by atoms with van der Waals surface area (Å²) in [7, 11) is 1.95. The van der Waals surface area contributed by atoms with Gasteiger partial charge in [0.2, 0.25) is 11.8 Å². The maximum Gasteiger partial charge on any atom is 0.222 e. The summed E-state index contributed by atoms with van der Waals surface area (Å²) in [5, 5.41) is 10.4. The van der Waals surface area contributed by atoms with E-state index in [4.69, 9.17) is 9.47 Å². The van der Waals surface area contributed by atoms with Crippen molar-refractivity contribution in [2.24, 2.45) is 7.05 Å². The van der Waals surface area contributed by atoms with Crippen LogP contribution < -0.4 is 15.4 Å². The molecule has 6 rings (SSSR count). The normalized spacial score (nSPS) is 21.3.